The van der Waals surface area contributed by atoms with Gasteiger partial charge in [0.05, 0.1) is 6.10 Å². The SMILES string of the molecule is CN1C(=O)CC[C@@]2(C)C1=CC[C@@H]1[C@@H]2CC[C@]2(C)C(O)CC[C@@H]12. The Kier molecular flexibility index (Phi) is 3.08. The molecule has 0 aromatic rings. The number of carbonyl (C=O) groups is 1. The van der Waals surface area contributed by atoms with Crippen molar-refractivity contribution in [2.45, 2.75) is 64.9 Å². The van der Waals surface area contributed by atoms with Gasteiger partial charge in [-0.15, -0.1) is 0 Å². The molecule has 1 aliphatic heterocycles. The van der Waals surface area contributed by atoms with Crippen LogP contribution in [0.3, 0.4) is 0 Å². The molecule has 3 aliphatic carbocycles. The maximum Gasteiger partial charge on any atom is 0.226 e. The predicted octanol–water partition coefficient (Wildman–Crippen LogP) is 3.34. The van der Waals surface area contributed by atoms with Crippen LogP contribution in [0.1, 0.15) is 58.8 Å². The van der Waals surface area contributed by atoms with Crippen LogP contribution >= 0.6 is 0 Å². The quantitative estimate of drug-likeness (QED) is 0.745. The molecular weight excluding hydrogens is 274 g/mol. The molecule has 3 fully saturated rings. The summed E-state index contributed by atoms with van der Waals surface area (Å²) in [6.07, 6.45) is 9.59. The summed E-state index contributed by atoms with van der Waals surface area (Å²) in [5, 5.41) is 10.5. The van der Waals surface area contributed by atoms with Crippen LogP contribution in [0.15, 0.2) is 11.8 Å². The summed E-state index contributed by atoms with van der Waals surface area (Å²) >= 11 is 0. The van der Waals surface area contributed by atoms with Gasteiger partial charge in [-0.05, 0) is 61.7 Å². The zero-order valence-electron chi connectivity index (χ0n) is 14.1. The standard InChI is InChI=1S/C19H29NO2/c1-18-11-9-17(22)20(3)15(18)6-4-12-13-5-7-16(21)19(13,2)10-8-14(12)18/h6,12-14,16,21H,4-5,7-11H2,1-3H3/t12-,13-,14-,16?,18+,19-/m0/s1. The molecule has 0 aromatic carbocycles. The van der Waals surface area contributed by atoms with Gasteiger partial charge < -0.3 is 10.0 Å². The van der Waals surface area contributed by atoms with Gasteiger partial charge in [0.15, 0.2) is 0 Å². The van der Waals surface area contributed by atoms with E-state index in [-0.39, 0.29) is 22.8 Å². The molecule has 3 heteroatoms. The van der Waals surface area contributed by atoms with Gasteiger partial charge in [0.1, 0.15) is 0 Å². The highest BCUT2D eigenvalue weighted by Gasteiger charge is 2.59. The molecule has 1 unspecified atom stereocenters. The molecule has 122 valence electrons. The van der Waals surface area contributed by atoms with E-state index in [2.05, 4.69) is 19.9 Å². The van der Waals surface area contributed by atoms with E-state index in [1.54, 1.807) is 0 Å². The van der Waals surface area contributed by atoms with Gasteiger partial charge in [0.25, 0.3) is 0 Å². The van der Waals surface area contributed by atoms with E-state index in [0.29, 0.717) is 24.2 Å². The molecule has 22 heavy (non-hydrogen) atoms. The molecule has 0 bridgehead atoms. The fraction of sp³-hybridized carbons (Fsp3) is 0.842. The molecule has 1 heterocycles. The van der Waals surface area contributed by atoms with Gasteiger partial charge in [0.2, 0.25) is 5.91 Å². The van der Waals surface area contributed by atoms with Crippen molar-refractivity contribution >= 4 is 5.91 Å². The molecule has 4 aliphatic rings. The predicted molar refractivity (Wildman–Crippen MR) is 85.9 cm³/mol. The molecule has 4 rings (SSSR count). The van der Waals surface area contributed by atoms with Gasteiger partial charge >= 0.3 is 0 Å². The average Bonchev–Trinajstić information content (AvgIpc) is 2.79. The maximum absolute atomic E-state index is 12.1. The fourth-order valence-electron chi connectivity index (χ4n) is 6.55. The minimum absolute atomic E-state index is 0.104. The summed E-state index contributed by atoms with van der Waals surface area (Å²) in [5.74, 6) is 2.33. The summed E-state index contributed by atoms with van der Waals surface area (Å²) in [7, 11) is 1.96. The average molecular weight is 303 g/mol. The van der Waals surface area contributed by atoms with Crippen LogP contribution in [0.5, 0.6) is 0 Å². The lowest BCUT2D eigenvalue weighted by Gasteiger charge is -2.58. The number of aliphatic hydroxyl groups is 1. The minimum atomic E-state index is -0.104. The number of likely N-dealkylation sites (tertiary alicyclic amines) is 1. The Hall–Kier alpha value is -0.830. The number of rotatable bonds is 0. The maximum atomic E-state index is 12.1. The summed E-state index contributed by atoms with van der Waals surface area (Å²) < 4.78 is 0. The first kappa shape index (κ1) is 14.7. The van der Waals surface area contributed by atoms with Crippen molar-refractivity contribution in [2.75, 3.05) is 7.05 Å². The highest BCUT2D eigenvalue weighted by atomic mass is 16.3. The van der Waals surface area contributed by atoms with Crippen molar-refractivity contribution in [1.29, 1.82) is 0 Å². The zero-order valence-corrected chi connectivity index (χ0v) is 14.1. The largest absolute Gasteiger partial charge is 0.393 e. The van der Waals surface area contributed by atoms with Crippen molar-refractivity contribution in [1.82, 2.24) is 4.90 Å². The molecule has 6 atom stereocenters. The normalized spacial score (nSPS) is 51.0. The van der Waals surface area contributed by atoms with E-state index in [4.69, 9.17) is 0 Å². The first-order valence-electron chi connectivity index (χ1n) is 9.03. The van der Waals surface area contributed by atoms with Crippen LogP contribution in [0, 0.1) is 28.6 Å². The first-order valence-corrected chi connectivity index (χ1v) is 9.03. The lowest BCUT2D eigenvalue weighted by Crippen LogP contribution is -2.54. The highest BCUT2D eigenvalue weighted by molar-refractivity contribution is 5.79. The monoisotopic (exact) mass is 303 g/mol. The van der Waals surface area contributed by atoms with Crippen molar-refractivity contribution in [2.24, 2.45) is 28.6 Å². The molecule has 0 spiro atoms. The summed E-state index contributed by atoms with van der Waals surface area (Å²) in [6.45, 7) is 4.72. The molecule has 1 saturated heterocycles. The van der Waals surface area contributed by atoms with Crippen molar-refractivity contribution in [3.8, 4) is 0 Å². The van der Waals surface area contributed by atoms with Crippen molar-refractivity contribution in [3.05, 3.63) is 11.8 Å². The van der Waals surface area contributed by atoms with Crippen molar-refractivity contribution < 1.29 is 9.90 Å². The Balaban J connectivity index is 1.71. The van der Waals surface area contributed by atoms with E-state index in [9.17, 15) is 9.90 Å². The number of allylic oxidation sites excluding steroid dienone is 2. The van der Waals surface area contributed by atoms with E-state index in [1.165, 1.54) is 18.5 Å². The number of hydrogen-bond donors (Lipinski definition) is 1. The van der Waals surface area contributed by atoms with Crippen LogP contribution in [0.4, 0.5) is 0 Å². The van der Waals surface area contributed by atoms with Crippen LogP contribution in [0.25, 0.3) is 0 Å². The van der Waals surface area contributed by atoms with E-state index >= 15 is 0 Å². The second-order valence-electron chi connectivity index (χ2n) is 8.71. The van der Waals surface area contributed by atoms with Crippen LogP contribution in [-0.2, 0) is 4.79 Å². The highest BCUT2D eigenvalue weighted by Crippen LogP contribution is 2.64. The third-order valence-electron chi connectivity index (χ3n) is 7.97. The lowest BCUT2D eigenvalue weighted by molar-refractivity contribution is -0.136. The molecule has 0 radical (unpaired) electrons. The summed E-state index contributed by atoms with van der Waals surface area (Å²) in [5.41, 5.74) is 1.59. The Morgan fingerprint density at radius 2 is 1.95 bits per heavy atom. The third kappa shape index (κ3) is 1.69. The Morgan fingerprint density at radius 3 is 2.73 bits per heavy atom. The Bertz CT molecular complexity index is 542. The van der Waals surface area contributed by atoms with Gasteiger partial charge in [-0.25, -0.2) is 0 Å². The fourth-order valence-corrected chi connectivity index (χ4v) is 6.55. The van der Waals surface area contributed by atoms with Gasteiger partial charge in [-0.3, -0.25) is 4.79 Å². The van der Waals surface area contributed by atoms with E-state index in [0.717, 1.165) is 25.7 Å². The van der Waals surface area contributed by atoms with E-state index < -0.39 is 0 Å². The summed E-state index contributed by atoms with van der Waals surface area (Å²) in [6, 6.07) is 0. The second kappa shape index (κ2) is 4.59. The molecular formula is C19H29NO2. The van der Waals surface area contributed by atoms with Gasteiger partial charge in [-0.2, -0.15) is 0 Å². The lowest BCUT2D eigenvalue weighted by atomic mass is 9.49. The van der Waals surface area contributed by atoms with Crippen LogP contribution in [-0.4, -0.2) is 29.1 Å². The summed E-state index contributed by atoms with van der Waals surface area (Å²) in [4.78, 5) is 14.0. The van der Waals surface area contributed by atoms with Crippen LogP contribution in [0.2, 0.25) is 0 Å². The third-order valence-corrected chi connectivity index (χ3v) is 7.97. The smallest absolute Gasteiger partial charge is 0.226 e. The number of piperidine rings is 1. The van der Waals surface area contributed by atoms with E-state index in [1.807, 2.05) is 11.9 Å². The van der Waals surface area contributed by atoms with Gasteiger partial charge in [0, 0.05) is 24.6 Å². The van der Waals surface area contributed by atoms with Crippen LogP contribution < -0.4 is 0 Å². The van der Waals surface area contributed by atoms with Crippen molar-refractivity contribution in [3.63, 3.8) is 0 Å². The Morgan fingerprint density at radius 1 is 1.18 bits per heavy atom. The topological polar surface area (TPSA) is 40.5 Å². The molecule has 1 amide bonds. The molecule has 3 nitrogen and oxygen atoms in total. The number of nitrogens with zero attached hydrogens (tertiary/aromatic N) is 1. The molecule has 2 saturated carbocycles. The second-order valence-corrected chi connectivity index (χ2v) is 8.71. The molecule has 1 N–H and O–H groups in total. The first-order chi connectivity index (χ1) is 10.4. The zero-order chi connectivity index (χ0) is 15.7. The number of aliphatic hydroxyl groups excluding tert-OH is 1. The number of fused-ring (bicyclic) bond motifs is 5. The van der Waals surface area contributed by atoms with Gasteiger partial charge in [-0.1, -0.05) is 19.9 Å². The molecule has 0 aromatic heterocycles. The number of hydrogen-bond acceptors (Lipinski definition) is 2. The number of amides is 1. The Labute approximate surface area is 133 Å². The number of carbonyl (C=O) groups excluding carboxylic acids is 1. The minimum Gasteiger partial charge on any atom is -0.393 e.